The number of hydrogen-bond acceptors (Lipinski definition) is 2. The highest BCUT2D eigenvalue weighted by Crippen LogP contribution is 2.09. The van der Waals surface area contributed by atoms with E-state index >= 15 is 0 Å². The summed E-state index contributed by atoms with van der Waals surface area (Å²) in [5, 5.41) is 0. The Morgan fingerprint density at radius 1 is 1.58 bits per heavy atom. The lowest BCUT2D eigenvalue weighted by molar-refractivity contribution is -0.115. The normalized spacial score (nSPS) is 17.9. The minimum absolute atomic E-state index is 0.440. The summed E-state index contributed by atoms with van der Waals surface area (Å²) in [6.45, 7) is -5.51. The highest BCUT2D eigenvalue weighted by atomic mass is 16.1. The summed E-state index contributed by atoms with van der Waals surface area (Å²) in [4.78, 5) is 12.5. The van der Waals surface area contributed by atoms with Crippen LogP contribution in [0.4, 0.5) is 5.69 Å². The van der Waals surface area contributed by atoms with E-state index < -0.39 is 19.1 Å². The molecule has 0 aliphatic rings. The second kappa shape index (κ2) is 3.90. The maximum atomic E-state index is 11.5. The molecule has 64 valence electrons. The van der Waals surface area contributed by atoms with Crippen LogP contribution in [0.15, 0.2) is 30.3 Å². The SMILES string of the molecule is [2H]C([2H])([2H])C(=O)C([2H])([2H])N(C)c1ccccc1. The molecular weight excluding hydrogens is 150 g/mol. The Balaban J connectivity index is 3.03. The Bertz CT molecular complexity index is 401. The van der Waals surface area contributed by atoms with Gasteiger partial charge in [0, 0.05) is 16.8 Å². The molecule has 0 aliphatic carbocycles. The molecule has 0 amide bonds. The summed E-state index contributed by atoms with van der Waals surface area (Å²) in [6, 6.07) is 8.32. The molecule has 0 saturated heterocycles. The number of hydrogen-bond donors (Lipinski definition) is 0. The highest BCUT2D eigenvalue weighted by molar-refractivity contribution is 5.80. The van der Waals surface area contributed by atoms with E-state index in [1.54, 1.807) is 30.3 Å². The van der Waals surface area contributed by atoms with Crippen molar-refractivity contribution in [3.8, 4) is 0 Å². The molecule has 0 saturated carbocycles. The van der Waals surface area contributed by atoms with Crippen molar-refractivity contribution in [3.05, 3.63) is 30.3 Å². The molecule has 1 aromatic rings. The first-order valence-electron chi connectivity index (χ1n) is 6.01. The number of para-hydroxylation sites is 1. The van der Waals surface area contributed by atoms with E-state index in [2.05, 4.69) is 0 Å². The van der Waals surface area contributed by atoms with Crippen LogP contribution in [-0.2, 0) is 4.79 Å². The smallest absolute Gasteiger partial charge is 0.149 e. The first-order valence-corrected chi connectivity index (χ1v) is 3.51. The molecule has 0 spiro atoms. The maximum Gasteiger partial charge on any atom is 0.149 e. The van der Waals surface area contributed by atoms with Crippen molar-refractivity contribution in [1.29, 1.82) is 0 Å². The van der Waals surface area contributed by atoms with Gasteiger partial charge < -0.3 is 4.90 Å². The first-order chi connectivity index (χ1) is 7.67. The second-order valence-electron chi connectivity index (χ2n) is 2.34. The molecule has 1 aromatic carbocycles. The molecule has 0 heterocycles. The van der Waals surface area contributed by atoms with Crippen LogP contribution < -0.4 is 4.90 Å². The summed E-state index contributed by atoms with van der Waals surface area (Å²) in [6.07, 6.45) is 0. The van der Waals surface area contributed by atoms with Crippen LogP contribution in [0.3, 0.4) is 0 Å². The van der Waals surface area contributed by atoms with Crippen LogP contribution >= 0.6 is 0 Å². The van der Waals surface area contributed by atoms with Gasteiger partial charge in [-0.25, -0.2) is 0 Å². The fourth-order valence-corrected chi connectivity index (χ4v) is 0.868. The molecule has 12 heavy (non-hydrogen) atoms. The molecular formula is C10H13NO. The zero-order valence-corrected chi connectivity index (χ0v) is 6.74. The molecule has 0 aliphatic heterocycles. The van der Waals surface area contributed by atoms with Crippen LogP contribution in [0.1, 0.15) is 13.7 Å². The summed E-state index contributed by atoms with van der Waals surface area (Å²) in [5.41, 5.74) is 0.440. The highest BCUT2D eigenvalue weighted by Gasteiger charge is 2.00. The van der Waals surface area contributed by atoms with E-state index in [0.717, 1.165) is 4.90 Å². The van der Waals surface area contributed by atoms with E-state index in [9.17, 15) is 4.79 Å². The fraction of sp³-hybridized carbons (Fsp3) is 0.300. The molecule has 0 N–H and O–H groups in total. The van der Waals surface area contributed by atoms with Crippen molar-refractivity contribution in [2.75, 3.05) is 18.4 Å². The Morgan fingerprint density at radius 2 is 2.25 bits per heavy atom. The summed E-state index contributed by atoms with van der Waals surface area (Å²) in [7, 11) is 1.35. The molecule has 0 atom stereocenters. The van der Waals surface area contributed by atoms with Gasteiger partial charge >= 0.3 is 0 Å². The third kappa shape index (κ3) is 2.38. The second-order valence-corrected chi connectivity index (χ2v) is 2.34. The zero-order valence-electron chi connectivity index (χ0n) is 11.7. The minimum atomic E-state index is -2.95. The standard InChI is InChI=1S/C10H13NO/c1-9(12)8-11(2)10-6-4-3-5-7-10/h3-7H,8H2,1-2H3/i1D3,8D2. The van der Waals surface area contributed by atoms with Gasteiger partial charge in [0.25, 0.3) is 0 Å². The predicted molar refractivity (Wildman–Crippen MR) is 50.4 cm³/mol. The van der Waals surface area contributed by atoms with Crippen molar-refractivity contribution in [2.24, 2.45) is 0 Å². The molecule has 0 fully saturated rings. The van der Waals surface area contributed by atoms with Gasteiger partial charge in [0.05, 0.1) is 9.24 Å². The van der Waals surface area contributed by atoms with E-state index in [0.29, 0.717) is 5.69 Å². The van der Waals surface area contributed by atoms with Crippen LogP contribution in [0.2, 0.25) is 0 Å². The average molecular weight is 168 g/mol. The largest absolute Gasteiger partial charge is 0.367 e. The van der Waals surface area contributed by atoms with Crippen molar-refractivity contribution in [2.45, 2.75) is 6.85 Å². The van der Waals surface area contributed by atoms with Crippen LogP contribution in [0.5, 0.6) is 0 Å². The lowest BCUT2D eigenvalue weighted by Gasteiger charge is -2.16. The van der Waals surface area contributed by atoms with Crippen LogP contribution in [0.25, 0.3) is 0 Å². The number of Topliss-reactive ketones (excluding diaryl/α,β-unsaturated/α-hetero) is 1. The van der Waals surface area contributed by atoms with E-state index in [1.807, 2.05) is 0 Å². The fourth-order valence-electron chi connectivity index (χ4n) is 0.868. The summed E-state index contributed by atoms with van der Waals surface area (Å²) >= 11 is 0. The molecule has 2 heteroatoms. The number of rotatable bonds is 3. The van der Waals surface area contributed by atoms with Gasteiger partial charge in [-0.05, 0) is 19.0 Å². The molecule has 1 rings (SSSR count). The van der Waals surface area contributed by atoms with E-state index in [-0.39, 0.29) is 0 Å². The molecule has 0 aromatic heterocycles. The number of carbonyl (C=O) groups excluding carboxylic acids is 1. The molecule has 0 unspecified atom stereocenters. The van der Waals surface area contributed by atoms with Crippen LogP contribution in [-0.4, -0.2) is 19.3 Å². The number of ketones is 1. The zero-order chi connectivity index (χ0) is 13.3. The number of likely N-dealkylation sites (N-methyl/N-ethyl adjacent to an activating group) is 1. The number of carbonyl (C=O) groups is 1. The Kier molecular flexibility index (Phi) is 1.33. The van der Waals surface area contributed by atoms with Crippen molar-refractivity contribution >= 4 is 11.5 Å². The Morgan fingerprint density at radius 3 is 2.83 bits per heavy atom. The maximum absolute atomic E-state index is 11.5. The number of anilines is 1. The minimum Gasteiger partial charge on any atom is -0.367 e. The molecule has 0 bridgehead atoms. The summed E-state index contributed by atoms with van der Waals surface area (Å²) < 4.78 is 36.1. The monoisotopic (exact) mass is 168 g/mol. The lowest BCUT2D eigenvalue weighted by Crippen LogP contribution is -2.23. The lowest BCUT2D eigenvalue weighted by atomic mass is 10.3. The van der Waals surface area contributed by atoms with Gasteiger partial charge in [0.1, 0.15) is 5.78 Å². The Labute approximate surface area is 79.8 Å². The van der Waals surface area contributed by atoms with Crippen molar-refractivity contribution in [1.82, 2.24) is 0 Å². The third-order valence-corrected chi connectivity index (χ3v) is 1.41. The molecule has 2 nitrogen and oxygen atoms in total. The first kappa shape index (κ1) is 4.08. The Hall–Kier alpha value is -1.31. The van der Waals surface area contributed by atoms with Crippen molar-refractivity contribution < 1.29 is 11.6 Å². The van der Waals surface area contributed by atoms with Gasteiger partial charge in [-0.2, -0.15) is 0 Å². The third-order valence-electron chi connectivity index (χ3n) is 1.41. The van der Waals surface area contributed by atoms with E-state index in [1.165, 1.54) is 7.05 Å². The van der Waals surface area contributed by atoms with E-state index in [4.69, 9.17) is 6.85 Å². The number of benzene rings is 1. The van der Waals surface area contributed by atoms with Gasteiger partial charge in [-0.1, -0.05) is 18.2 Å². The van der Waals surface area contributed by atoms with Crippen molar-refractivity contribution in [3.63, 3.8) is 0 Å². The van der Waals surface area contributed by atoms with Gasteiger partial charge in [0.15, 0.2) is 0 Å². The van der Waals surface area contributed by atoms with Gasteiger partial charge in [-0.3, -0.25) is 4.79 Å². The molecule has 0 radical (unpaired) electrons. The average Bonchev–Trinajstić information content (AvgIpc) is 2.27. The number of nitrogens with zero attached hydrogens (tertiary/aromatic N) is 1. The van der Waals surface area contributed by atoms with Crippen LogP contribution in [0, 0.1) is 0 Å². The topological polar surface area (TPSA) is 20.3 Å². The predicted octanol–water partition coefficient (Wildman–Crippen LogP) is 1.71. The van der Waals surface area contributed by atoms with Gasteiger partial charge in [-0.15, -0.1) is 0 Å². The summed E-state index contributed by atoms with van der Waals surface area (Å²) in [5.74, 6) is -1.42. The van der Waals surface area contributed by atoms with Gasteiger partial charge in [0.2, 0.25) is 0 Å². The quantitative estimate of drug-likeness (QED) is 0.684.